The molecule has 4 aromatic rings. The maximum Gasteiger partial charge on any atom is 0.180 e. The van der Waals surface area contributed by atoms with Gasteiger partial charge in [0.25, 0.3) is 0 Å². The molecular weight excluding hydrogens is 456 g/mol. The van der Waals surface area contributed by atoms with Crippen molar-refractivity contribution in [1.29, 1.82) is 0 Å². The van der Waals surface area contributed by atoms with Gasteiger partial charge in [-0.25, -0.2) is 9.97 Å². The van der Waals surface area contributed by atoms with Crippen molar-refractivity contribution in [3.63, 3.8) is 0 Å². The summed E-state index contributed by atoms with van der Waals surface area (Å²) in [7, 11) is 0. The van der Waals surface area contributed by atoms with Crippen LogP contribution < -0.4 is 16.4 Å². The zero-order valence-electron chi connectivity index (χ0n) is 21.8. The molecule has 4 rings (SSSR count). The van der Waals surface area contributed by atoms with Gasteiger partial charge >= 0.3 is 0 Å². The van der Waals surface area contributed by atoms with Crippen LogP contribution in [0.25, 0.3) is 22.6 Å². The Morgan fingerprint density at radius 2 is 1.92 bits per heavy atom. The highest BCUT2D eigenvalue weighted by Crippen LogP contribution is 2.27. The molecule has 190 valence electrons. The molecule has 0 fully saturated rings. The van der Waals surface area contributed by atoms with E-state index >= 15 is 0 Å². The first-order chi connectivity index (χ1) is 18.1. The van der Waals surface area contributed by atoms with Crippen LogP contribution in [0.15, 0.2) is 67.6 Å². The van der Waals surface area contributed by atoms with E-state index in [1.165, 1.54) is 5.56 Å². The summed E-state index contributed by atoms with van der Waals surface area (Å²) in [6.45, 7) is 9.86. The van der Waals surface area contributed by atoms with Crippen molar-refractivity contribution >= 4 is 22.8 Å². The van der Waals surface area contributed by atoms with E-state index in [2.05, 4.69) is 92.8 Å². The highest BCUT2D eigenvalue weighted by molar-refractivity contribution is 5.75. The lowest BCUT2D eigenvalue weighted by molar-refractivity contribution is 0.666. The highest BCUT2D eigenvalue weighted by Gasteiger charge is 2.12. The predicted molar refractivity (Wildman–Crippen MR) is 155 cm³/mol. The summed E-state index contributed by atoms with van der Waals surface area (Å²) in [6, 6.07) is 14.9. The Hall–Kier alpha value is -4.08. The van der Waals surface area contributed by atoms with Crippen LogP contribution in [0.2, 0.25) is 0 Å². The van der Waals surface area contributed by atoms with E-state index in [0.29, 0.717) is 5.82 Å². The minimum atomic E-state index is 0.715. The zero-order valence-corrected chi connectivity index (χ0v) is 21.8. The van der Waals surface area contributed by atoms with Gasteiger partial charge in [-0.2, -0.15) is 0 Å². The van der Waals surface area contributed by atoms with Gasteiger partial charge in [-0.3, -0.25) is 4.40 Å². The maximum atomic E-state index is 5.57. The Bertz CT molecular complexity index is 1410. The number of aryl methyl sites for hydroxylation is 2. The Morgan fingerprint density at radius 1 is 1.08 bits per heavy atom. The van der Waals surface area contributed by atoms with Gasteiger partial charge in [-0.15, -0.1) is 11.8 Å². The largest absolute Gasteiger partial charge is 0.385 e. The minimum Gasteiger partial charge on any atom is -0.385 e. The number of imidazole rings is 1. The summed E-state index contributed by atoms with van der Waals surface area (Å²) < 4.78 is 2.07. The second-order valence-electron chi connectivity index (χ2n) is 9.15. The van der Waals surface area contributed by atoms with Crippen LogP contribution >= 0.6 is 0 Å². The third-order valence-corrected chi connectivity index (χ3v) is 6.43. The average Bonchev–Trinajstić information content (AvgIpc) is 3.34. The molecule has 2 heterocycles. The molecule has 0 aliphatic carbocycles. The molecule has 0 radical (unpaired) electrons. The molecule has 6 nitrogen and oxygen atoms in total. The summed E-state index contributed by atoms with van der Waals surface area (Å²) in [4.78, 5) is 9.26. The van der Waals surface area contributed by atoms with Gasteiger partial charge in [0, 0.05) is 47.9 Å². The molecule has 0 aliphatic heterocycles. The van der Waals surface area contributed by atoms with E-state index in [1.807, 2.05) is 19.3 Å². The van der Waals surface area contributed by atoms with Crippen LogP contribution in [0.3, 0.4) is 0 Å². The Balaban J connectivity index is 1.47. The number of unbranched alkanes of at least 4 members (excludes halogenated alkanes) is 2. The summed E-state index contributed by atoms with van der Waals surface area (Å²) >= 11 is 0. The van der Waals surface area contributed by atoms with Crippen LogP contribution in [0.5, 0.6) is 0 Å². The number of nitrogens with two attached hydrogens (primary N) is 1. The van der Waals surface area contributed by atoms with Crippen LogP contribution in [0.1, 0.15) is 49.3 Å². The van der Waals surface area contributed by atoms with Crippen LogP contribution in [0.4, 0.5) is 11.5 Å². The van der Waals surface area contributed by atoms with Gasteiger partial charge in [0.05, 0.1) is 11.9 Å². The second-order valence-corrected chi connectivity index (χ2v) is 9.15. The fraction of sp³-hybridized carbons (Fsp3) is 0.290. The van der Waals surface area contributed by atoms with Crippen LogP contribution in [-0.4, -0.2) is 27.5 Å². The van der Waals surface area contributed by atoms with E-state index in [1.54, 1.807) is 6.20 Å². The van der Waals surface area contributed by atoms with Gasteiger partial charge in [0.1, 0.15) is 0 Å². The molecule has 0 aliphatic rings. The molecular formula is C31H36N6. The van der Waals surface area contributed by atoms with Gasteiger partial charge in [-0.1, -0.05) is 43.3 Å². The zero-order chi connectivity index (χ0) is 26.0. The number of anilines is 2. The van der Waals surface area contributed by atoms with Crippen molar-refractivity contribution in [1.82, 2.24) is 19.7 Å². The summed E-state index contributed by atoms with van der Waals surface area (Å²) in [5.41, 5.74) is 13.9. The first-order valence-electron chi connectivity index (χ1n) is 12.9. The Labute approximate surface area is 220 Å². The van der Waals surface area contributed by atoms with E-state index < -0.39 is 0 Å². The molecule has 37 heavy (non-hydrogen) atoms. The van der Waals surface area contributed by atoms with Gasteiger partial charge in [0.2, 0.25) is 0 Å². The third kappa shape index (κ3) is 6.58. The average molecular weight is 493 g/mol. The topological polar surface area (TPSA) is 80.3 Å². The lowest BCUT2D eigenvalue weighted by Gasteiger charge is -2.14. The number of nitrogens with one attached hydrogen (secondary N) is 2. The molecule has 4 N–H and O–H groups in total. The summed E-state index contributed by atoms with van der Waals surface area (Å²) in [6.07, 6.45) is 10.8. The van der Waals surface area contributed by atoms with Crippen molar-refractivity contribution in [3.8, 4) is 23.1 Å². The predicted octanol–water partition coefficient (Wildman–Crippen LogP) is 6.09. The molecule has 0 spiro atoms. The number of aromatic nitrogens is 3. The maximum absolute atomic E-state index is 5.57. The van der Waals surface area contributed by atoms with E-state index in [9.17, 15) is 0 Å². The van der Waals surface area contributed by atoms with Gasteiger partial charge in [-0.05, 0) is 62.9 Å². The normalized spacial score (nSPS) is 10.7. The third-order valence-electron chi connectivity index (χ3n) is 6.43. The monoisotopic (exact) mass is 492 g/mol. The van der Waals surface area contributed by atoms with Crippen molar-refractivity contribution in [3.05, 3.63) is 84.3 Å². The molecule has 2 aromatic carbocycles. The van der Waals surface area contributed by atoms with Crippen molar-refractivity contribution < 1.29 is 0 Å². The smallest absolute Gasteiger partial charge is 0.180 e. The standard InChI is InChI=1S/C31H36N6/c1-4-5-7-10-25-11-13-26(14-12-25)29-22-35-31-30(34-19-20-37(29)31)36-27-15-16-28(23(2)21-27)24(3)33-18-9-6-8-17-32/h11-16,19-22,33H,3,6-10,17-18,32H2,1-2H3,(H,34,36). The molecule has 0 unspecified atom stereocenters. The molecule has 0 bridgehead atoms. The molecule has 0 amide bonds. The Morgan fingerprint density at radius 3 is 2.68 bits per heavy atom. The second kappa shape index (κ2) is 12.8. The fourth-order valence-corrected chi connectivity index (χ4v) is 4.39. The number of benzene rings is 2. The molecule has 0 atom stereocenters. The summed E-state index contributed by atoms with van der Waals surface area (Å²) in [5, 5.41) is 6.89. The highest BCUT2D eigenvalue weighted by atomic mass is 15.1. The first kappa shape index (κ1) is 26.0. The van der Waals surface area contributed by atoms with Gasteiger partial charge < -0.3 is 16.4 Å². The number of rotatable bonds is 12. The lowest BCUT2D eigenvalue weighted by atomic mass is 10.1. The number of nitrogens with zero attached hydrogens (tertiary/aromatic N) is 3. The lowest BCUT2D eigenvalue weighted by Crippen LogP contribution is -2.14. The van der Waals surface area contributed by atoms with Crippen molar-refractivity contribution in [2.75, 3.05) is 18.4 Å². The van der Waals surface area contributed by atoms with Crippen molar-refractivity contribution in [2.24, 2.45) is 5.73 Å². The molecule has 2 aromatic heterocycles. The van der Waals surface area contributed by atoms with Gasteiger partial charge in [0.15, 0.2) is 11.5 Å². The van der Waals surface area contributed by atoms with E-state index in [4.69, 9.17) is 5.73 Å². The number of fused-ring (bicyclic) bond motifs is 1. The van der Waals surface area contributed by atoms with Crippen molar-refractivity contribution in [2.45, 2.75) is 46.0 Å². The number of hydrogen-bond acceptors (Lipinski definition) is 5. The first-order valence-corrected chi connectivity index (χ1v) is 12.9. The Kier molecular flexibility index (Phi) is 8.96. The summed E-state index contributed by atoms with van der Waals surface area (Å²) in [5.74, 6) is 6.80. The molecule has 0 saturated carbocycles. The van der Waals surface area contributed by atoms with Crippen LogP contribution in [-0.2, 0) is 6.42 Å². The van der Waals surface area contributed by atoms with Crippen LogP contribution in [0, 0.1) is 18.8 Å². The van der Waals surface area contributed by atoms with E-state index in [-0.39, 0.29) is 0 Å². The van der Waals surface area contributed by atoms with E-state index in [0.717, 1.165) is 84.6 Å². The number of hydrogen-bond donors (Lipinski definition) is 3. The molecule has 0 saturated heterocycles. The molecule has 6 heteroatoms. The minimum absolute atomic E-state index is 0.715. The SMILES string of the molecule is C=C(NCCCCCN)c1ccc(Nc2nccn3c(-c4ccc(CCC#CC)cc4)cnc23)cc1C. The fourth-order valence-electron chi connectivity index (χ4n) is 4.39. The quantitative estimate of drug-likeness (QED) is 0.165.